The second kappa shape index (κ2) is 5.64. The van der Waals surface area contributed by atoms with Crippen LogP contribution >= 0.6 is 12.4 Å². The molecule has 21 heavy (non-hydrogen) atoms. The first-order chi connectivity index (χ1) is 9.44. The third kappa shape index (κ3) is 2.83. The van der Waals surface area contributed by atoms with E-state index in [0.29, 0.717) is 31.1 Å². The van der Waals surface area contributed by atoms with Gasteiger partial charge in [0.2, 0.25) is 16.8 Å². The van der Waals surface area contributed by atoms with Crippen LogP contribution in [0.4, 0.5) is 0 Å². The summed E-state index contributed by atoms with van der Waals surface area (Å²) in [4.78, 5) is 0.239. The van der Waals surface area contributed by atoms with Crippen molar-refractivity contribution in [1.29, 1.82) is 0 Å². The average Bonchev–Trinajstić information content (AvgIpc) is 3.05. The molecule has 1 atom stereocenters. The summed E-state index contributed by atoms with van der Waals surface area (Å²) in [7, 11) is -3.50. The minimum Gasteiger partial charge on any atom is -0.454 e. The van der Waals surface area contributed by atoms with E-state index in [4.69, 9.17) is 15.2 Å². The largest absolute Gasteiger partial charge is 0.454 e. The molecular weight excluding hydrogens is 316 g/mol. The zero-order valence-corrected chi connectivity index (χ0v) is 13.4. The van der Waals surface area contributed by atoms with E-state index in [1.54, 1.807) is 12.1 Å². The van der Waals surface area contributed by atoms with Crippen molar-refractivity contribution in [2.24, 2.45) is 11.1 Å². The number of ether oxygens (including phenoxy) is 2. The normalized spacial score (nSPS) is 24.9. The predicted octanol–water partition coefficient (Wildman–Crippen LogP) is 1.20. The molecule has 1 unspecified atom stereocenters. The molecule has 2 aliphatic heterocycles. The molecule has 1 aromatic rings. The number of halogens is 1. The molecule has 0 saturated carbocycles. The molecule has 0 spiro atoms. The van der Waals surface area contributed by atoms with Crippen molar-refractivity contribution in [3.05, 3.63) is 18.2 Å². The number of rotatable bonds is 3. The van der Waals surface area contributed by atoms with Crippen LogP contribution < -0.4 is 15.2 Å². The molecule has 1 aromatic carbocycles. The zero-order valence-electron chi connectivity index (χ0n) is 11.7. The number of hydrogen-bond acceptors (Lipinski definition) is 5. The van der Waals surface area contributed by atoms with E-state index < -0.39 is 10.0 Å². The highest BCUT2D eigenvalue weighted by atomic mass is 35.5. The standard InChI is InChI=1S/C13H18N2O4S.ClH/c1-13(7-14)4-5-15(8-13)20(16,17)10-2-3-11-12(6-10)19-9-18-11;/h2-3,6H,4-5,7-9,14H2,1H3;1H. The van der Waals surface area contributed by atoms with Gasteiger partial charge >= 0.3 is 0 Å². The summed E-state index contributed by atoms with van der Waals surface area (Å²) in [5, 5.41) is 0. The molecule has 2 N–H and O–H groups in total. The Labute approximate surface area is 130 Å². The SMILES string of the molecule is CC1(CN)CCN(S(=O)(=O)c2ccc3c(c2)OCO3)C1.Cl. The summed E-state index contributed by atoms with van der Waals surface area (Å²) in [5.74, 6) is 1.06. The van der Waals surface area contributed by atoms with Gasteiger partial charge < -0.3 is 15.2 Å². The van der Waals surface area contributed by atoms with E-state index in [0.717, 1.165) is 6.42 Å². The number of sulfonamides is 1. The number of hydrogen-bond donors (Lipinski definition) is 1. The summed E-state index contributed by atoms with van der Waals surface area (Å²) in [6, 6.07) is 4.71. The van der Waals surface area contributed by atoms with Crippen LogP contribution in [0.15, 0.2) is 23.1 Å². The summed E-state index contributed by atoms with van der Waals surface area (Å²) in [6.07, 6.45) is 0.785. The Kier molecular flexibility index (Phi) is 4.39. The van der Waals surface area contributed by atoms with Gasteiger partial charge in [-0.2, -0.15) is 4.31 Å². The molecule has 3 rings (SSSR count). The van der Waals surface area contributed by atoms with Gasteiger partial charge in [-0.15, -0.1) is 12.4 Å². The molecule has 0 aliphatic carbocycles. The Hall–Kier alpha value is -1.02. The van der Waals surface area contributed by atoms with E-state index >= 15 is 0 Å². The molecule has 0 aromatic heterocycles. The lowest BCUT2D eigenvalue weighted by atomic mass is 9.90. The molecule has 1 saturated heterocycles. The summed E-state index contributed by atoms with van der Waals surface area (Å²) in [5.41, 5.74) is 5.59. The van der Waals surface area contributed by atoms with Crippen LogP contribution in [-0.4, -0.2) is 39.2 Å². The average molecular weight is 335 g/mol. The Morgan fingerprint density at radius 2 is 2.05 bits per heavy atom. The van der Waals surface area contributed by atoms with Gasteiger partial charge in [-0.25, -0.2) is 8.42 Å². The number of nitrogens with two attached hydrogens (primary N) is 1. The predicted molar refractivity (Wildman–Crippen MR) is 80.4 cm³/mol. The molecule has 0 radical (unpaired) electrons. The summed E-state index contributed by atoms with van der Waals surface area (Å²) >= 11 is 0. The second-order valence-electron chi connectivity index (χ2n) is 5.62. The highest BCUT2D eigenvalue weighted by molar-refractivity contribution is 7.89. The zero-order chi connectivity index (χ0) is 14.4. The van der Waals surface area contributed by atoms with Crippen molar-refractivity contribution in [1.82, 2.24) is 4.31 Å². The smallest absolute Gasteiger partial charge is 0.243 e. The molecule has 0 bridgehead atoms. The molecule has 2 heterocycles. The molecule has 1 fully saturated rings. The number of benzene rings is 1. The number of fused-ring (bicyclic) bond motifs is 1. The van der Waals surface area contributed by atoms with E-state index in [-0.39, 0.29) is 29.5 Å². The maximum Gasteiger partial charge on any atom is 0.243 e. The van der Waals surface area contributed by atoms with Crippen molar-refractivity contribution >= 4 is 22.4 Å². The molecule has 8 heteroatoms. The van der Waals surface area contributed by atoms with Crippen LogP contribution in [0, 0.1) is 5.41 Å². The van der Waals surface area contributed by atoms with Crippen LogP contribution in [-0.2, 0) is 10.0 Å². The fourth-order valence-corrected chi connectivity index (χ4v) is 4.14. The van der Waals surface area contributed by atoms with E-state index in [1.807, 2.05) is 6.92 Å². The maximum atomic E-state index is 12.6. The minimum atomic E-state index is -3.50. The molecule has 118 valence electrons. The molecular formula is C13H19ClN2O4S. The first kappa shape index (κ1) is 16.4. The first-order valence-corrected chi connectivity index (χ1v) is 7.99. The number of nitrogens with zero attached hydrogens (tertiary/aromatic N) is 1. The van der Waals surface area contributed by atoms with Gasteiger partial charge in [0, 0.05) is 19.2 Å². The Bertz CT molecular complexity index is 637. The fourth-order valence-electron chi connectivity index (χ4n) is 2.54. The lowest BCUT2D eigenvalue weighted by molar-refractivity contribution is 0.174. The Morgan fingerprint density at radius 1 is 1.33 bits per heavy atom. The van der Waals surface area contributed by atoms with Crippen LogP contribution in [0.3, 0.4) is 0 Å². The van der Waals surface area contributed by atoms with Crippen molar-refractivity contribution in [2.45, 2.75) is 18.2 Å². The van der Waals surface area contributed by atoms with Crippen molar-refractivity contribution < 1.29 is 17.9 Å². The van der Waals surface area contributed by atoms with Gasteiger partial charge in [-0.05, 0) is 30.5 Å². The van der Waals surface area contributed by atoms with Gasteiger partial charge in [0.25, 0.3) is 0 Å². The van der Waals surface area contributed by atoms with Gasteiger partial charge in [-0.1, -0.05) is 6.92 Å². The topological polar surface area (TPSA) is 81.9 Å². The highest BCUT2D eigenvalue weighted by Gasteiger charge is 2.39. The third-order valence-electron chi connectivity index (χ3n) is 4.00. The van der Waals surface area contributed by atoms with Gasteiger partial charge in [-0.3, -0.25) is 0 Å². The maximum absolute atomic E-state index is 12.6. The fraction of sp³-hybridized carbons (Fsp3) is 0.538. The van der Waals surface area contributed by atoms with Crippen molar-refractivity contribution in [3.63, 3.8) is 0 Å². The highest BCUT2D eigenvalue weighted by Crippen LogP contribution is 2.37. The van der Waals surface area contributed by atoms with Crippen LogP contribution in [0.5, 0.6) is 11.5 Å². The summed E-state index contributed by atoms with van der Waals surface area (Å²) in [6.45, 7) is 3.60. The van der Waals surface area contributed by atoms with Gasteiger partial charge in [0.15, 0.2) is 11.5 Å². The lowest BCUT2D eigenvalue weighted by Crippen LogP contribution is -2.34. The van der Waals surface area contributed by atoms with Crippen LogP contribution in [0.1, 0.15) is 13.3 Å². The molecule has 6 nitrogen and oxygen atoms in total. The molecule has 2 aliphatic rings. The van der Waals surface area contributed by atoms with Gasteiger partial charge in [0.1, 0.15) is 0 Å². The van der Waals surface area contributed by atoms with Crippen LogP contribution in [0.25, 0.3) is 0 Å². The second-order valence-corrected chi connectivity index (χ2v) is 7.56. The Balaban J connectivity index is 0.00000161. The van der Waals surface area contributed by atoms with Crippen molar-refractivity contribution in [3.8, 4) is 11.5 Å². The quantitative estimate of drug-likeness (QED) is 0.898. The van der Waals surface area contributed by atoms with Gasteiger partial charge in [0.05, 0.1) is 4.90 Å². The third-order valence-corrected chi connectivity index (χ3v) is 5.84. The van der Waals surface area contributed by atoms with E-state index in [1.165, 1.54) is 10.4 Å². The summed E-state index contributed by atoms with van der Waals surface area (Å²) < 4.78 is 37.2. The van der Waals surface area contributed by atoms with Crippen LogP contribution in [0.2, 0.25) is 0 Å². The monoisotopic (exact) mass is 334 g/mol. The molecule has 0 amide bonds. The lowest BCUT2D eigenvalue weighted by Gasteiger charge is -2.22. The van der Waals surface area contributed by atoms with E-state index in [9.17, 15) is 8.42 Å². The first-order valence-electron chi connectivity index (χ1n) is 6.55. The minimum absolute atomic E-state index is 0. The Morgan fingerprint density at radius 3 is 2.71 bits per heavy atom. The van der Waals surface area contributed by atoms with Crippen molar-refractivity contribution in [2.75, 3.05) is 26.4 Å². The van der Waals surface area contributed by atoms with E-state index in [2.05, 4.69) is 0 Å².